The maximum atomic E-state index is 12.6. The number of carbonyl (C=O) groups is 1. The lowest BCUT2D eigenvalue weighted by atomic mass is 10.1. The van der Waals surface area contributed by atoms with Gasteiger partial charge in [0.2, 0.25) is 0 Å². The minimum atomic E-state index is -0.104. The van der Waals surface area contributed by atoms with Crippen molar-refractivity contribution in [2.75, 3.05) is 5.32 Å². The summed E-state index contributed by atoms with van der Waals surface area (Å²) in [5.74, 6) is 1.25. The molecule has 1 amide bonds. The third-order valence-electron chi connectivity index (χ3n) is 5.03. The molecule has 0 aliphatic carbocycles. The van der Waals surface area contributed by atoms with Crippen molar-refractivity contribution in [2.45, 2.75) is 19.9 Å². The van der Waals surface area contributed by atoms with E-state index in [0.29, 0.717) is 17.2 Å². The van der Waals surface area contributed by atoms with Crippen LogP contribution in [0.15, 0.2) is 91.1 Å². The van der Waals surface area contributed by atoms with Crippen LogP contribution in [-0.2, 0) is 0 Å². The molecule has 2 N–H and O–H groups in total. The van der Waals surface area contributed by atoms with E-state index in [-0.39, 0.29) is 11.9 Å². The highest BCUT2D eigenvalue weighted by Gasteiger charge is 2.11. The van der Waals surface area contributed by atoms with Crippen molar-refractivity contribution in [3.63, 3.8) is 0 Å². The molecule has 154 valence electrons. The molecule has 1 heterocycles. The van der Waals surface area contributed by atoms with Gasteiger partial charge in [-0.15, -0.1) is 0 Å². The zero-order valence-electron chi connectivity index (χ0n) is 17.5. The van der Waals surface area contributed by atoms with Gasteiger partial charge >= 0.3 is 0 Å². The van der Waals surface area contributed by atoms with E-state index in [1.165, 1.54) is 5.56 Å². The summed E-state index contributed by atoms with van der Waals surface area (Å²) in [5.41, 5.74) is 4.69. The maximum absolute atomic E-state index is 12.6. The zero-order chi connectivity index (χ0) is 21.6. The van der Waals surface area contributed by atoms with Crippen LogP contribution in [0.25, 0.3) is 11.4 Å². The highest BCUT2D eigenvalue weighted by molar-refractivity contribution is 5.94. The number of nitrogens with one attached hydrogen (secondary N) is 2. The lowest BCUT2D eigenvalue weighted by Gasteiger charge is -2.15. The fourth-order valence-corrected chi connectivity index (χ4v) is 3.23. The monoisotopic (exact) mass is 408 g/mol. The number of rotatable bonds is 6. The van der Waals surface area contributed by atoms with E-state index in [1.54, 1.807) is 18.3 Å². The topological polar surface area (TPSA) is 66.9 Å². The maximum Gasteiger partial charge on any atom is 0.251 e. The summed E-state index contributed by atoms with van der Waals surface area (Å²) in [5, 5.41) is 6.32. The highest BCUT2D eigenvalue weighted by Crippen LogP contribution is 2.20. The van der Waals surface area contributed by atoms with E-state index in [4.69, 9.17) is 0 Å². The molecule has 1 atom stereocenters. The van der Waals surface area contributed by atoms with Crippen LogP contribution in [0.3, 0.4) is 0 Å². The van der Waals surface area contributed by atoms with Crippen molar-refractivity contribution in [2.24, 2.45) is 0 Å². The van der Waals surface area contributed by atoms with Gasteiger partial charge in [-0.1, -0.05) is 60.2 Å². The number of benzene rings is 3. The number of hydrogen-bond donors (Lipinski definition) is 2. The molecule has 0 radical (unpaired) electrons. The van der Waals surface area contributed by atoms with E-state index in [1.807, 2.05) is 74.5 Å². The number of anilines is 2. The summed E-state index contributed by atoms with van der Waals surface area (Å²) in [7, 11) is 0. The Morgan fingerprint density at radius 1 is 0.871 bits per heavy atom. The summed E-state index contributed by atoms with van der Waals surface area (Å²) < 4.78 is 0. The highest BCUT2D eigenvalue weighted by atomic mass is 16.1. The number of carbonyl (C=O) groups excluding carboxylic acids is 1. The number of aryl methyl sites for hydroxylation is 1. The van der Waals surface area contributed by atoms with Crippen LogP contribution in [0.5, 0.6) is 0 Å². The van der Waals surface area contributed by atoms with Crippen LogP contribution in [-0.4, -0.2) is 15.9 Å². The molecule has 0 aliphatic rings. The van der Waals surface area contributed by atoms with Gasteiger partial charge in [-0.3, -0.25) is 4.79 Å². The van der Waals surface area contributed by atoms with Crippen LogP contribution >= 0.6 is 0 Å². The first-order valence-electron chi connectivity index (χ1n) is 10.2. The molecule has 3 aromatic carbocycles. The number of amides is 1. The molecule has 0 fully saturated rings. The first kappa shape index (κ1) is 20.3. The molecule has 4 rings (SSSR count). The molecular formula is C26H24N4O. The summed E-state index contributed by atoms with van der Waals surface area (Å²) in [6, 6.07) is 27.1. The van der Waals surface area contributed by atoms with Crippen LogP contribution in [0.2, 0.25) is 0 Å². The number of nitrogens with zero attached hydrogens (tertiary/aromatic N) is 2. The van der Waals surface area contributed by atoms with E-state index in [0.717, 1.165) is 16.8 Å². The van der Waals surface area contributed by atoms with Gasteiger partial charge in [0.25, 0.3) is 5.91 Å². The zero-order valence-corrected chi connectivity index (χ0v) is 17.5. The third-order valence-corrected chi connectivity index (χ3v) is 5.03. The number of aromatic nitrogens is 2. The summed E-state index contributed by atoms with van der Waals surface area (Å²) in [4.78, 5) is 21.5. The first-order valence-corrected chi connectivity index (χ1v) is 10.2. The Morgan fingerprint density at radius 2 is 1.58 bits per heavy atom. The van der Waals surface area contributed by atoms with Gasteiger partial charge in [-0.05, 0) is 49.7 Å². The van der Waals surface area contributed by atoms with Crippen LogP contribution in [0.1, 0.15) is 34.5 Å². The van der Waals surface area contributed by atoms with Gasteiger partial charge in [0.15, 0.2) is 5.82 Å². The third kappa shape index (κ3) is 5.14. The van der Waals surface area contributed by atoms with Crippen molar-refractivity contribution in [1.82, 2.24) is 15.3 Å². The van der Waals surface area contributed by atoms with Gasteiger partial charge in [0.1, 0.15) is 5.82 Å². The van der Waals surface area contributed by atoms with E-state index in [2.05, 4.69) is 32.7 Å². The van der Waals surface area contributed by atoms with E-state index < -0.39 is 0 Å². The molecule has 5 heteroatoms. The molecule has 31 heavy (non-hydrogen) atoms. The second kappa shape index (κ2) is 9.22. The fourth-order valence-electron chi connectivity index (χ4n) is 3.23. The Morgan fingerprint density at radius 3 is 2.29 bits per heavy atom. The Labute approximate surface area is 182 Å². The van der Waals surface area contributed by atoms with Crippen molar-refractivity contribution < 1.29 is 4.79 Å². The van der Waals surface area contributed by atoms with Crippen molar-refractivity contribution in [1.29, 1.82) is 0 Å². The molecule has 0 bridgehead atoms. The van der Waals surface area contributed by atoms with E-state index >= 15 is 0 Å². The van der Waals surface area contributed by atoms with Crippen molar-refractivity contribution >= 4 is 17.4 Å². The summed E-state index contributed by atoms with van der Waals surface area (Å²) >= 11 is 0. The van der Waals surface area contributed by atoms with E-state index in [9.17, 15) is 4.79 Å². The molecule has 5 nitrogen and oxygen atoms in total. The Hall–Kier alpha value is -3.99. The van der Waals surface area contributed by atoms with Gasteiger partial charge in [0.05, 0.1) is 6.04 Å². The van der Waals surface area contributed by atoms with Gasteiger partial charge in [-0.2, -0.15) is 0 Å². The van der Waals surface area contributed by atoms with Gasteiger partial charge in [-0.25, -0.2) is 9.97 Å². The van der Waals surface area contributed by atoms with Crippen LogP contribution in [0, 0.1) is 6.92 Å². The SMILES string of the molecule is Cc1ccc([C@@H](C)NC(=O)c2ccc(Nc3ccnc(-c4ccccc4)n3)cc2)cc1. The largest absolute Gasteiger partial charge is 0.346 e. The number of hydrogen-bond acceptors (Lipinski definition) is 4. The summed E-state index contributed by atoms with van der Waals surface area (Å²) in [6.07, 6.45) is 1.73. The molecule has 0 aliphatic heterocycles. The Balaban J connectivity index is 1.41. The molecule has 0 saturated carbocycles. The average Bonchev–Trinajstić information content (AvgIpc) is 2.81. The molecule has 0 spiro atoms. The molecular weight excluding hydrogens is 384 g/mol. The average molecular weight is 409 g/mol. The van der Waals surface area contributed by atoms with Crippen LogP contribution in [0.4, 0.5) is 11.5 Å². The van der Waals surface area contributed by atoms with Gasteiger partial charge < -0.3 is 10.6 Å². The molecule has 4 aromatic rings. The van der Waals surface area contributed by atoms with Crippen molar-refractivity contribution in [3.05, 3.63) is 108 Å². The quantitative estimate of drug-likeness (QED) is 0.430. The fraction of sp³-hybridized carbons (Fsp3) is 0.115. The second-order valence-corrected chi connectivity index (χ2v) is 7.44. The second-order valence-electron chi connectivity index (χ2n) is 7.44. The minimum Gasteiger partial charge on any atom is -0.346 e. The summed E-state index contributed by atoms with van der Waals surface area (Å²) in [6.45, 7) is 4.03. The molecule has 0 unspecified atom stereocenters. The standard InChI is InChI=1S/C26H24N4O/c1-18-8-10-20(11-9-18)19(2)28-26(31)22-12-14-23(15-13-22)29-24-16-17-27-25(30-24)21-6-4-3-5-7-21/h3-17,19H,1-2H3,(H,28,31)(H,27,29,30)/t19-/m1/s1. The Bertz CT molecular complexity index is 1160. The lowest BCUT2D eigenvalue weighted by Crippen LogP contribution is -2.26. The molecule has 0 saturated heterocycles. The van der Waals surface area contributed by atoms with Gasteiger partial charge in [0, 0.05) is 23.0 Å². The predicted octanol–water partition coefficient (Wildman–Crippen LogP) is 5.69. The minimum absolute atomic E-state index is 0.0664. The van der Waals surface area contributed by atoms with Crippen LogP contribution < -0.4 is 10.6 Å². The Kier molecular flexibility index (Phi) is 6.03. The predicted molar refractivity (Wildman–Crippen MR) is 124 cm³/mol. The molecule has 1 aromatic heterocycles. The first-order chi connectivity index (χ1) is 15.1. The van der Waals surface area contributed by atoms with Crippen molar-refractivity contribution in [3.8, 4) is 11.4 Å². The normalized spacial score (nSPS) is 11.5. The lowest BCUT2D eigenvalue weighted by molar-refractivity contribution is 0.0940. The smallest absolute Gasteiger partial charge is 0.251 e.